The minimum atomic E-state index is -1.16. The van der Waals surface area contributed by atoms with Crippen LogP contribution in [-0.2, 0) is 4.79 Å². The third-order valence-electron chi connectivity index (χ3n) is 8.30. The van der Waals surface area contributed by atoms with Crippen molar-refractivity contribution in [3.05, 3.63) is 58.7 Å². The SMILES string of the molecule is CC1=C(/C=C/C(C)=C\C=C\C(C)=C\C(=O)[O-])C(C)(C)CCC1.CCCCCCCCCCCCCCCC[N+](C)(C)C. The molecular formula is C39H69NO2. The summed E-state index contributed by atoms with van der Waals surface area (Å²) in [5, 5.41) is 10.4. The van der Waals surface area contributed by atoms with E-state index in [2.05, 4.69) is 61.0 Å². The van der Waals surface area contributed by atoms with Crippen LogP contribution in [0.2, 0.25) is 0 Å². The van der Waals surface area contributed by atoms with Crippen LogP contribution < -0.4 is 5.11 Å². The molecular weight excluding hydrogens is 514 g/mol. The Morgan fingerprint density at radius 2 is 1.31 bits per heavy atom. The number of aliphatic carboxylic acids is 1. The summed E-state index contributed by atoms with van der Waals surface area (Å²) in [7, 11) is 6.88. The van der Waals surface area contributed by atoms with Crippen molar-refractivity contribution in [1.29, 1.82) is 0 Å². The fourth-order valence-corrected chi connectivity index (χ4v) is 5.65. The Morgan fingerprint density at radius 1 is 0.810 bits per heavy atom. The summed E-state index contributed by atoms with van der Waals surface area (Å²) in [6.45, 7) is 14.3. The second-order valence-electron chi connectivity index (χ2n) is 14.4. The van der Waals surface area contributed by atoms with Gasteiger partial charge in [-0.25, -0.2) is 0 Å². The summed E-state index contributed by atoms with van der Waals surface area (Å²) in [6.07, 6.45) is 35.1. The molecule has 1 aliphatic rings. The average molecular weight is 584 g/mol. The molecule has 3 nitrogen and oxygen atoms in total. The van der Waals surface area contributed by atoms with E-state index in [-0.39, 0.29) is 5.41 Å². The van der Waals surface area contributed by atoms with Gasteiger partial charge >= 0.3 is 0 Å². The molecule has 0 heterocycles. The van der Waals surface area contributed by atoms with Gasteiger partial charge in [-0.15, -0.1) is 0 Å². The van der Waals surface area contributed by atoms with E-state index < -0.39 is 5.97 Å². The topological polar surface area (TPSA) is 40.1 Å². The molecule has 0 aromatic heterocycles. The number of carboxylic acids is 1. The van der Waals surface area contributed by atoms with Crippen LogP contribution in [-0.4, -0.2) is 38.1 Å². The number of hydrogen-bond acceptors (Lipinski definition) is 2. The maximum atomic E-state index is 10.4. The van der Waals surface area contributed by atoms with Crippen LogP contribution in [0.5, 0.6) is 0 Å². The molecule has 0 unspecified atom stereocenters. The third-order valence-corrected chi connectivity index (χ3v) is 8.30. The maximum Gasteiger partial charge on any atom is 0.0780 e. The van der Waals surface area contributed by atoms with Crippen molar-refractivity contribution in [3.63, 3.8) is 0 Å². The molecule has 0 aliphatic heterocycles. The Kier molecular flexibility index (Phi) is 22.5. The number of unbranched alkanes of at least 4 members (excludes halogenated alkanes) is 13. The van der Waals surface area contributed by atoms with Crippen molar-refractivity contribution < 1.29 is 14.4 Å². The predicted molar refractivity (Wildman–Crippen MR) is 184 cm³/mol. The summed E-state index contributed by atoms with van der Waals surface area (Å²) in [5.41, 5.74) is 4.99. The van der Waals surface area contributed by atoms with E-state index in [0.29, 0.717) is 5.57 Å². The third kappa shape index (κ3) is 23.7. The molecule has 0 N–H and O–H groups in total. The highest BCUT2D eigenvalue weighted by molar-refractivity contribution is 5.79. The summed E-state index contributed by atoms with van der Waals surface area (Å²) in [4.78, 5) is 10.4. The first kappa shape index (κ1) is 40.1. The van der Waals surface area contributed by atoms with Crippen molar-refractivity contribution >= 4 is 5.97 Å². The van der Waals surface area contributed by atoms with Gasteiger partial charge < -0.3 is 14.4 Å². The summed E-state index contributed by atoms with van der Waals surface area (Å²) in [6, 6.07) is 0. The largest absolute Gasteiger partial charge is 0.545 e. The van der Waals surface area contributed by atoms with Gasteiger partial charge in [0.1, 0.15) is 0 Å². The first-order valence-electron chi connectivity index (χ1n) is 17.2. The van der Waals surface area contributed by atoms with Gasteiger partial charge in [-0.3, -0.25) is 0 Å². The number of carboxylic acid groups (broad SMARTS) is 1. The van der Waals surface area contributed by atoms with Gasteiger partial charge in [0, 0.05) is 0 Å². The van der Waals surface area contributed by atoms with Gasteiger partial charge in [-0.1, -0.05) is 139 Å². The first-order valence-corrected chi connectivity index (χ1v) is 17.2. The fourth-order valence-electron chi connectivity index (χ4n) is 5.65. The molecule has 0 aromatic rings. The minimum Gasteiger partial charge on any atom is -0.545 e. The summed E-state index contributed by atoms with van der Waals surface area (Å²) in [5.74, 6) is -1.16. The lowest BCUT2D eigenvalue weighted by atomic mass is 9.72. The summed E-state index contributed by atoms with van der Waals surface area (Å²) < 4.78 is 1.12. The normalized spacial score (nSPS) is 16.3. The monoisotopic (exact) mass is 584 g/mol. The molecule has 0 spiro atoms. The van der Waals surface area contributed by atoms with Gasteiger partial charge in [-0.2, -0.15) is 0 Å². The van der Waals surface area contributed by atoms with Crippen LogP contribution in [0.15, 0.2) is 58.7 Å². The van der Waals surface area contributed by atoms with E-state index in [9.17, 15) is 9.90 Å². The minimum absolute atomic E-state index is 0.253. The molecule has 0 atom stereocenters. The van der Waals surface area contributed by atoms with Crippen LogP contribution >= 0.6 is 0 Å². The Morgan fingerprint density at radius 3 is 1.76 bits per heavy atom. The molecule has 242 valence electrons. The zero-order chi connectivity index (χ0) is 31.9. The number of hydrogen-bond donors (Lipinski definition) is 0. The molecule has 0 bridgehead atoms. The van der Waals surface area contributed by atoms with Crippen molar-refractivity contribution in [3.8, 4) is 0 Å². The van der Waals surface area contributed by atoms with Crippen LogP contribution in [0.3, 0.4) is 0 Å². The van der Waals surface area contributed by atoms with Crippen molar-refractivity contribution in [2.24, 2.45) is 5.41 Å². The number of quaternary nitrogens is 1. The molecule has 0 saturated heterocycles. The maximum absolute atomic E-state index is 10.4. The lowest BCUT2D eigenvalue weighted by molar-refractivity contribution is -0.870. The molecule has 0 aromatic carbocycles. The highest BCUT2D eigenvalue weighted by Crippen LogP contribution is 2.40. The highest BCUT2D eigenvalue weighted by Gasteiger charge is 2.26. The quantitative estimate of drug-likeness (QED) is 0.0619. The van der Waals surface area contributed by atoms with E-state index in [1.54, 1.807) is 13.0 Å². The molecule has 1 aliphatic carbocycles. The molecule has 0 radical (unpaired) electrons. The smallest absolute Gasteiger partial charge is 0.0780 e. The Hall–Kier alpha value is -1.87. The molecule has 3 heteroatoms. The number of carbonyl (C=O) groups is 1. The predicted octanol–water partition coefficient (Wildman–Crippen LogP) is 10.4. The van der Waals surface area contributed by atoms with E-state index in [4.69, 9.17) is 0 Å². The van der Waals surface area contributed by atoms with Crippen LogP contribution in [0.25, 0.3) is 0 Å². The molecule has 42 heavy (non-hydrogen) atoms. The van der Waals surface area contributed by atoms with Crippen LogP contribution in [0.4, 0.5) is 0 Å². The van der Waals surface area contributed by atoms with E-state index in [1.165, 1.54) is 127 Å². The molecule has 1 rings (SSSR count). The van der Waals surface area contributed by atoms with Gasteiger partial charge in [0.2, 0.25) is 0 Å². The number of carbonyl (C=O) groups excluding carboxylic acids is 1. The first-order chi connectivity index (χ1) is 19.8. The van der Waals surface area contributed by atoms with Gasteiger partial charge in [-0.05, 0) is 75.5 Å². The number of nitrogens with zero attached hydrogens (tertiary/aromatic N) is 1. The summed E-state index contributed by atoms with van der Waals surface area (Å²) >= 11 is 0. The Balaban J connectivity index is 0.000000805. The van der Waals surface area contributed by atoms with Crippen LogP contribution in [0, 0.1) is 5.41 Å². The molecule has 0 saturated carbocycles. The van der Waals surface area contributed by atoms with E-state index in [1.807, 2.05) is 19.1 Å². The second-order valence-corrected chi connectivity index (χ2v) is 14.4. The second kappa shape index (κ2) is 23.6. The highest BCUT2D eigenvalue weighted by atomic mass is 16.4. The van der Waals surface area contributed by atoms with E-state index in [0.717, 1.165) is 16.1 Å². The average Bonchev–Trinajstić information content (AvgIpc) is 2.87. The van der Waals surface area contributed by atoms with Gasteiger partial charge in [0.25, 0.3) is 0 Å². The Labute approximate surface area is 262 Å². The lowest BCUT2D eigenvalue weighted by Gasteiger charge is -2.32. The fraction of sp³-hybridized carbons (Fsp3) is 0.718. The van der Waals surface area contributed by atoms with Crippen molar-refractivity contribution in [2.75, 3.05) is 27.7 Å². The van der Waals surface area contributed by atoms with Crippen molar-refractivity contribution in [1.82, 2.24) is 0 Å². The van der Waals surface area contributed by atoms with Gasteiger partial charge in [0.15, 0.2) is 0 Å². The lowest BCUT2D eigenvalue weighted by Crippen LogP contribution is -2.35. The molecule has 0 fully saturated rings. The number of allylic oxidation sites excluding steroid dienone is 9. The number of rotatable bonds is 20. The molecule has 0 amide bonds. The zero-order valence-electron chi connectivity index (χ0n) is 29.5. The standard InChI is InChI=1S/C20H28O2.C19H42N/c1-15(8-6-9-16(2)14-19(21)22)11-12-18-17(3)10-7-13-20(18,4)5;1-5-6-7-8-9-10-11-12-13-14-15-16-17-18-19-20(2,3)4/h6,8-9,11-12,14H,7,10,13H2,1-5H3,(H,21,22);5-19H2,1-4H3/q;+1/p-1/b9-6+,12-11+,15-8-,16-14+;. The zero-order valence-corrected chi connectivity index (χ0v) is 29.5. The van der Waals surface area contributed by atoms with Crippen molar-refractivity contribution in [2.45, 2.75) is 151 Å². The van der Waals surface area contributed by atoms with Crippen LogP contribution in [0.1, 0.15) is 151 Å². The van der Waals surface area contributed by atoms with Gasteiger partial charge in [0.05, 0.1) is 33.7 Å². The Bertz CT molecular complexity index is 877. The van der Waals surface area contributed by atoms with E-state index >= 15 is 0 Å².